The van der Waals surface area contributed by atoms with E-state index < -0.39 is 10.0 Å². The Morgan fingerprint density at radius 1 is 1.06 bits per heavy atom. The van der Waals surface area contributed by atoms with Crippen LogP contribution in [0.4, 0.5) is 0 Å². The van der Waals surface area contributed by atoms with Crippen LogP contribution in [0.25, 0.3) is 10.8 Å². The Morgan fingerprint density at radius 3 is 2.58 bits per heavy atom. The van der Waals surface area contributed by atoms with Gasteiger partial charge in [0.1, 0.15) is 10.6 Å². The van der Waals surface area contributed by atoms with Gasteiger partial charge < -0.3 is 10.1 Å². The second-order valence-corrected chi connectivity index (χ2v) is 9.58. The lowest BCUT2D eigenvalue weighted by Gasteiger charge is -2.31. The summed E-state index contributed by atoms with van der Waals surface area (Å²) in [5, 5.41) is 5.09. The highest BCUT2D eigenvalue weighted by Crippen LogP contribution is 2.23. The number of hydrogen-bond donors (Lipinski definition) is 1. The summed E-state index contributed by atoms with van der Waals surface area (Å²) >= 11 is 0. The average molecular weight is 440 g/mol. The highest BCUT2D eigenvalue weighted by atomic mass is 32.2. The number of piperidine rings is 1. The fourth-order valence-electron chi connectivity index (χ4n) is 3.72. The van der Waals surface area contributed by atoms with Crippen LogP contribution < -0.4 is 10.1 Å². The van der Waals surface area contributed by atoms with Gasteiger partial charge in [0.15, 0.2) is 6.61 Å². The second kappa shape index (κ2) is 9.45. The Labute approximate surface area is 182 Å². The van der Waals surface area contributed by atoms with Gasteiger partial charge >= 0.3 is 0 Å². The predicted octanol–water partition coefficient (Wildman–Crippen LogP) is 2.83. The van der Waals surface area contributed by atoms with Gasteiger partial charge in [0.25, 0.3) is 5.91 Å². The minimum absolute atomic E-state index is 0.0490. The highest BCUT2D eigenvalue weighted by Gasteiger charge is 2.29. The van der Waals surface area contributed by atoms with Crippen molar-refractivity contribution >= 4 is 26.7 Å². The SMILES string of the molecule is O=C(COc1ccc2ccccc2c1)NCC1CCN(S(=O)(=O)c2cccnc2)CC1. The van der Waals surface area contributed by atoms with Gasteiger partial charge in [-0.2, -0.15) is 4.31 Å². The van der Waals surface area contributed by atoms with Crippen LogP contribution in [0.5, 0.6) is 5.75 Å². The molecule has 31 heavy (non-hydrogen) atoms. The average Bonchev–Trinajstić information content (AvgIpc) is 2.82. The first-order valence-electron chi connectivity index (χ1n) is 10.3. The molecular weight excluding hydrogens is 414 g/mol. The molecule has 0 saturated carbocycles. The van der Waals surface area contributed by atoms with E-state index in [1.165, 1.54) is 10.5 Å². The van der Waals surface area contributed by atoms with Crippen molar-refractivity contribution in [2.24, 2.45) is 5.92 Å². The third-order valence-electron chi connectivity index (χ3n) is 5.52. The van der Waals surface area contributed by atoms with Gasteiger partial charge in [-0.05, 0) is 53.8 Å². The van der Waals surface area contributed by atoms with Gasteiger partial charge in [0.2, 0.25) is 10.0 Å². The molecule has 7 nitrogen and oxygen atoms in total. The van der Waals surface area contributed by atoms with E-state index >= 15 is 0 Å². The number of aromatic nitrogens is 1. The molecule has 0 radical (unpaired) electrons. The van der Waals surface area contributed by atoms with Crippen LogP contribution in [0, 0.1) is 5.92 Å². The molecular formula is C23H25N3O4S. The molecule has 0 unspecified atom stereocenters. The van der Waals surface area contributed by atoms with Crippen molar-refractivity contribution in [3.63, 3.8) is 0 Å². The summed E-state index contributed by atoms with van der Waals surface area (Å²) in [4.78, 5) is 16.3. The number of carbonyl (C=O) groups is 1. The van der Waals surface area contributed by atoms with Crippen LogP contribution in [-0.2, 0) is 14.8 Å². The Bertz CT molecular complexity index is 1140. The Morgan fingerprint density at radius 2 is 1.84 bits per heavy atom. The molecule has 8 heteroatoms. The molecule has 1 aromatic heterocycles. The Balaban J connectivity index is 1.21. The topological polar surface area (TPSA) is 88.6 Å². The normalized spacial score (nSPS) is 15.6. The van der Waals surface area contributed by atoms with E-state index in [0.717, 1.165) is 10.8 Å². The summed E-state index contributed by atoms with van der Waals surface area (Å²) in [6, 6.07) is 16.9. The molecule has 1 fully saturated rings. The van der Waals surface area contributed by atoms with Gasteiger partial charge in [-0.15, -0.1) is 0 Å². The smallest absolute Gasteiger partial charge is 0.257 e. The lowest BCUT2D eigenvalue weighted by molar-refractivity contribution is -0.123. The first-order chi connectivity index (χ1) is 15.0. The Hall–Kier alpha value is -2.97. The molecule has 162 valence electrons. The fourth-order valence-corrected chi connectivity index (χ4v) is 5.15. The number of pyridine rings is 1. The zero-order chi connectivity index (χ0) is 21.7. The third-order valence-corrected chi connectivity index (χ3v) is 7.41. The predicted molar refractivity (Wildman–Crippen MR) is 118 cm³/mol. The summed E-state index contributed by atoms with van der Waals surface area (Å²) in [6.45, 7) is 1.34. The van der Waals surface area contributed by atoms with E-state index in [9.17, 15) is 13.2 Å². The van der Waals surface area contributed by atoms with Crippen molar-refractivity contribution < 1.29 is 17.9 Å². The molecule has 1 saturated heterocycles. The number of carbonyl (C=O) groups excluding carboxylic acids is 1. The van der Waals surface area contributed by atoms with Crippen LogP contribution in [0.1, 0.15) is 12.8 Å². The van der Waals surface area contributed by atoms with Crippen molar-refractivity contribution in [1.29, 1.82) is 0 Å². The lowest BCUT2D eigenvalue weighted by atomic mass is 9.98. The summed E-state index contributed by atoms with van der Waals surface area (Å²) in [7, 11) is -3.51. The maximum atomic E-state index is 12.7. The number of nitrogens with one attached hydrogen (secondary N) is 1. The second-order valence-electron chi connectivity index (χ2n) is 7.64. The van der Waals surface area contributed by atoms with Crippen LogP contribution in [0.2, 0.25) is 0 Å². The van der Waals surface area contributed by atoms with E-state index in [0.29, 0.717) is 38.2 Å². The first kappa shape index (κ1) is 21.3. The fraction of sp³-hybridized carbons (Fsp3) is 0.304. The summed E-state index contributed by atoms with van der Waals surface area (Å²) in [5.41, 5.74) is 0. The number of hydrogen-bond acceptors (Lipinski definition) is 5. The Kier molecular flexibility index (Phi) is 6.48. The van der Waals surface area contributed by atoms with Crippen LogP contribution in [-0.4, -0.2) is 49.9 Å². The number of sulfonamides is 1. The molecule has 0 aliphatic carbocycles. The van der Waals surface area contributed by atoms with Gasteiger partial charge in [0, 0.05) is 32.0 Å². The quantitative estimate of drug-likeness (QED) is 0.612. The minimum Gasteiger partial charge on any atom is -0.484 e. The maximum Gasteiger partial charge on any atom is 0.257 e. The minimum atomic E-state index is -3.51. The molecule has 0 bridgehead atoms. The van der Waals surface area contributed by atoms with Crippen molar-refractivity contribution in [2.45, 2.75) is 17.7 Å². The molecule has 2 aromatic carbocycles. The number of rotatable bonds is 7. The van der Waals surface area contributed by atoms with Crippen molar-refractivity contribution in [2.75, 3.05) is 26.2 Å². The monoisotopic (exact) mass is 439 g/mol. The molecule has 3 aromatic rings. The molecule has 0 spiro atoms. The standard InChI is InChI=1S/C23H25N3O4S/c27-23(17-30-21-8-7-19-4-1-2-5-20(19)14-21)25-15-18-9-12-26(13-10-18)31(28,29)22-6-3-11-24-16-22/h1-8,11,14,16,18H,9-10,12-13,15,17H2,(H,25,27). The molecule has 4 rings (SSSR count). The van der Waals surface area contributed by atoms with E-state index in [4.69, 9.17) is 4.74 Å². The van der Waals surface area contributed by atoms with Gasteiger partial charge in [0.05, 0.1) is 0 Å². The lowest BCUT2D eigenvalue weighted by Crippen LogP contribution is -2.42. The number of fused-ring (bicyclic) bond motifs is 1. The molecule has 1 aliphatic heterocycles. The van der Waals surface area contributed by atoms with Crippen molar-refractivity contribution in [3.8, 4) is 5.75 Å². The molecule has 0 atom stereocenters. The van der Waals surface area contributed by atoms with E-state index in [-0.39, 0.29) is 23.3 Å². The molecule has 1 amide bonds. The van der Waals surface area contributed by atoms with Crippen LogP contribution in [0.15, 0.2) is 71.9 Å². The highest BCUT2D eigenvalue weighted by molar-refractivity contribution is 7.89. The zero-order valence-corrected chi connectivity index (χ0v) is 17.9. The van der Waals surface area contributed by atoms with Crippen molar-refractivity contribution in [1.82, 2.24) is 14.6 Å². The summed E-state index contributed by atoms with van der Waals surface area (Å²) in [6.07, 6.45) is 4.32. The third kappa shape index (κ3) is 5.21. The summed E-state index contributed by atoms with van der Waals surface area (Å²) in [5.74, 6) is 0.714. The van der Waals surface area contributed by atoms with Gasteiger partial charge in [-0.25, -0.2) is 8.42 Å². The van der Waals surface area contributed by atoms with Crippen molar-refractivity contribution in [3.05, 3.63) is 67.0 Å². The molecule has 1 aliphatic rings. The summed E-state index contributed by atoms with van der Waals surface area (Å²) < 4.78 is 32.4. The molecule has 1 N–H and O–H groups in total. The first-order valence-corrected chi connectivity index (χ1v) is 11.7. The number of ether oxygens (including phenoxy) is 1. The number of nitrogens with zero attached hydrogens (tertiary/aromatic N) is 2. The largest absolute Gasteiger partial charge is 0.484 e. The number of amides is 1. The van der Waals surface area contributed by atoms with E-state index in [1.807, 2.05) is 42.5 Å². The maximum absolute atomic E-state index is 12.7. The molecule has 2 heterocycles. The van der Waals surface area contributed by atoms with Crippen LogP contribution in [0.3, 0.4) is 0 Å². The van der Waals surface area contributed by atoms with Gasteiger partial charge in [-0.3, -0.25) is 9.78 Å². The number of benzene rings is 2. The van der Waals surface area contributed by atoms with E-state index in [1.54, 1.807) is 18.3 Å². The van der Waals surface area contributed by atoms with Gasteiger partial charge in [-0.1, -0.05) is 30.3 Å². The van der Waals surface area contributed by atoms with Crippen LogP contribution >= 0.6 is 0 Å². The zero-order valence-electron chi connectivity index (χ0n) is 17.1. The van der Waals surface area contributed by atoms with E-state index in [2.05, 4.69) is 10.3 Å².